The van der Waals surface area contributed by atoms with Crippen molar-refractivity contribution in [1.82, 2.24) is 15.2 Å². The number of nitrogens with zero attached hydrogens (tertiary/aromatic N) is 2. The zero-order valence-electron chi connectivity index (χ0n) is 13.5. The maximum absolute atomic E-state index is 5.78. The number of hydrazine groups is 1. The number of rotatable bonds is 6. The Morgan fingerprint density at radius 3 is 2.38 bits per heavy atom. The topological polar surface area (TPSA) is 55.9 Å². The number of hydrogen-bond donors (Lipinski definition) is 2. The Kier molecular flexibility index (Phi) is 5.15. The van der Waals surface area contributed by atoms with E-state index < -0.39 is 0 Å². The molecule has 1 unspecified atom stereocenters. The third kappa shape index (κ3) is 3.52. The Balaban J connectivity index is 2.19. The van der Waals surface area contributed by atoms with Gasteiger partial charge in [0, 0.05) is 12.7 Å². The molecule has 2 aromatic rings. The molecule has 1 heterocycles. The predicted molar refractivity (Wildman–Crippen MR) is 86.9 cm³/mol. The molecule has 4 heteroatoms. The predicted octanol–water partition coefficient (Wildman–Crippen LogP) is 2.74. The van der Waals surface area contributed by atoms with Gasteiger partial charge in [-0.2, -0.15) is 5.10 Å². The van der Waals surface area contributed by atoms with E-state index in [1.165, 1.54) is 28.8 Å². The maximum Gasteiger partial charge on any atom is 0.0629 e. The molecule has 3 N–H and O–H groups in total. The lowest BCUT2D eigenvalue weighted by atomic mass is 9.97. The summed E-state index contributed by atoms with van der Waals surface area (Å²) < 4.78 is 1.93. The van der Waals surface area contributed by atoms with Gasteiger partial charge >= 0.3 is 0 Å². The highest BCUT2D eigenvalue weighted by molar-refractivity contribution is 5.30. The Morgan fingerprint density at radius 1 is 1.24 bits per heavy atom. The molecular weight excluding hydrogens is 260 g/mol. The van der Waals surface area contributed by atoms with E-state index in [9.17, 15) is 0 Å². The van der Waals surface area contributed by atoms with Gasteiger partial charge in [-0.05, 0) is 43.4 Å². The van der Waals surface area contributed by atoms with Crippen molar-refractivity contribution in [3.63, 3.8) is 0 Å². The van der Waals surface area contributed by atoms with E-state index in [-0.39, 0.29) is 6.04 Å². The highest BCUT2D eigenvalue weighted by Gasteiger charge is 2.16. The fraction of sp³-hybridized carbons (Fsp3) is 0.471. The molecule has 114 valence electrons. The molecule has 0 amide bonds. The van der Waals surface area contributed by atoms with Crippen LogP contribution in [-0.2, 0) is 19.9 Å². The second kappa shape index (κ2) is 6.87. The molecule has 4 nitrogen and oxygen atoms in total. The first-order valence-corrected chi connectivity index (χ1v) is 7.60. The van der Waals surface area contributed by atoms with Crippen LogP contribution in [0.1, 0.15) is 47.5 Å². The lowest BCUT2D eigenvalue weighted by molar-refractivity contribution is 0.549. The molecule has 21 heavy (non-hydrogen) atoms. The van der Waals surface area contributed by atoms with Gasteiger partial charge in [0.15, 0.2) is 0 Å². The van der Waals surface area contributed by atoms with E-state index in [0.717, 1.165) is 18.5 Å². The lowest BCUT2D eigenvalue weighted by Gasteiger charge is -2.17. The van der Waals surface area contributed by atoms with Gasteiger partial charge in [-0.3, -0.25) is 16.0 Å². The minimum atomic E-state index is 0.113. The maximum atomic E-state index is 5.78. The number of hydrogen-bond acceptors (Lipinski definition) is 3. The molecule has 1 aromatic carbocycles. The van der Waals surface area contributed by atoms with Crippen molar-refractivity contribution in [3.8, 4) is 0 Å². The van der Waals surface area contributed by atoms with Crippen LogP contribution in [0, 0.1) is 13.8 Å². The average molecular weight is 286 g/mol. The first kappa shape index (κ1) is 15.7. The van der Waals surface area contributed by atoms with Gasteiger partial charge in [0.25, 0.3) is 0 Å². The molecular formula is C17H26N4. The van der Waals surface area contributed by atoms with Crippen LogP contribution >= 0.6 is 0 Å². The van der Waals surface area contributed by atoms with E-state index in [2.05, 4.69) is 55.6 Å². The van der Waals surface area contributed by atoms with E-state index in [0.29, 0.717) is 0 Å². The Bertz CT molecular complexity index is 584. The third-order valence-electron chi connectivity index (χ3n) is 4.19. The van der Waals surface area contributed by atoms with E-state index in [1.807, 2.05) is 11.7 Å². The summed E-state index contributed by atoms with van der Waals surface area (Å²) >= 11 is 0. The molecule has 0 saturated heterocycles. The number of nitrogens with two attached hydrogens (primary N) is 1. The summed E-state index contributed by atoms with van der Waals surface area (Å²) in [5.74, 6) is 5.78. The third-order valence-corrected chi connectivity index (χ3v) is 4.19. The SMILES string of the molecule is CCCc1ccc(C(Cc2c(C)nn(C)c2C)NN)cc1. The summed E-state index contributed by atoms with van der Waals surface area (Å²) in [4.78, 5) is 0. The van der Waals surface area contributed by atoms with Crippen molar-refractivity contribution in [3.05, 3.63) is 52.3 Å². The van der Waals surface area contributed by atoms with Crippen molar-refractivity contribution in [2.45, 2.75) is 46.1 Å². The van der Waals surface area contributed by atoms with E-state index in [4.69, 9.17) is 5.84 Å². The van der Waals surface area contributed by atoms with Crippen LogP contribution in [0.25, 0.3) is 0 Å². The monoisotopic (exact) mass is 286 g/mol. The fourth-order valence-corrected chi connectivity index (χ4v) is 2.80. The van der Waals surface area contributed by atoms with Crippen molar-refractivity contribution in [2.24, 2.45) is 12.9 Å². The van der Waals surface area contributed by atoms with Gasteiger partial charge in [0.1, 0.15) is 0 Å². The first-order chi connectivity index (χ1) is 10.1. The summed E-state index contributed by atoms with van der Waals surface area (Å²) in [6.07, 6.45) is 3.16. The van der Waals surface area contributed by atoms with Crippen molar-refractivity contribution in [2.75, 3.05) is 0 Å². The van der Waals surface area contributed by atoms with Crippen LogP contribution in [0.3, 0.4) is 0 Å². The van der Waals surface area contributed by atoms with Gasteiger partial charge in [0.2, 0.25) is 0 Å². The molecule has 0 aliphatic rings. The van der Waals surface area contributed by atoms with Crippen molar-refractivity contribution < 1.29 is 0 Å². The highest BCUT2D eigenvalue weighted by atomic mass is 15.3. The van der Waals surface area contributed by atoms with Crippen LogP contribution in [0.4, 0.5) is 0 Å². The summed E-state index contributed by atoms with van der Waals surface area (Å²) in [7, 11) is 1.98. The zero-order chi connectivity index (χ0) is 15.4. The van der Waals surface area contributed by atoms with Crippen LogP contribution in [-0.4, -0.2) is 9.78 Å². The van der Waals surface area contributed by atoms with Crippen LogP contribution in [0.2, 0.25) is 0 Å². The Morgan fingerprint density at radius 2 is 1.90 bits per heavy atom. The average Bonchev–Trinajstić information content (AvgIpc) is 2.72. The summed E-state index contributed by atoms with van der Waals surface area (Å²) in [5.41, 5.74) is 9.11. The molecule has 0 fully saturated rings. The molecule has 0 spiro atoms. The quantitative estimate of drug-likeness (QED) is 0.634. The van der Waals surface area contributed by atoms with Crippen molar-refractivity contribution in [1.29, 1.82) is 0 Å². The number of nitrogens with one attached hydrogen (secondary N) is 1. The van der Waals surface area contributed by atoms with E-state index >= 15 is 0 Å². The van der Waals surface area contributed by atoms with Gasteiger partial charge in [-0.15, -0.1) is 0 Å². The minimum Gasteiger partial charge on any atom is -0.272 e. The second-order valence-electron chi connectivity index (χ2n) is 5.69. The Labute approximate surface area is 127 Å². The van der Waals surface area contributed by atoms with Crippen LogP contribution < -0.4 is 11.3 Å². The first-order valence-electron chi connectivity index (χ1n) is 7.60. The molecule has 0 bridgehead atoms. The standard InChI is InChI=1S/C17H26N4/c1-5-6-14-7-9-15(10-8-14)17(19-18)11-16-12(2)20-21(4)13(16)3/h7-10,17,19H,5-6,11,18H2,1-4H3. The largest absolute Gasteiger partial charge is 0.272 e. The summed E-state index contributed by atoms with van der Waals surface area (Å²) in [5, 5.41) is 4.48. The highest BCUT2D eigenvalue weighted by Crippen LogP contribution is 2.22. The normalized spacial score (nSPS) is 12.6. The van der Waals surface area contributed by atoms with Gasteiger partial charge in [0.05, 0.1) is 11.7 Å². The second-order valence-corrected chi connectivity index (χ2v) is 5.69. The number of benzene rings is 1. The molecule has 0 saturated carbocycles. The number of aromatic nitrogens is 2. The number of aryl methyl sites for hydroxylation is 3. The van der Waals surface area contributed by atoms with Gasteiger partial charge in [-0.25, -0.2) is 0 Å². The summed E-state index contributed by atoms with van der Waals surface area (Å²) in [6, 6.07) is 8.87. The molecule has 2 rings (SSSR count). The molecule has 0 radical (unpaired) electrons. The van der Waals surface area contributed by atoms with Gasteiger partial charge in [-0.1, -0.05) is 37.6 Å². The molecule has 0 aliphatic carbocycles. The zero-order valence-corrected chi connectivity index (χ0v) is 13.5. The molecule has 0 aliphatic heterocycles. The van der Waals surface area contributed by atoms with Crippen molar-refractivity contribution >= 4 is 0 Å². The summed E-state index contributed by atoms with van der Waals surface area (Å²) in [6.45, 7) is 6.36. The van der Waals surface area contributed by atoms with E-state index in [1.54, 1.807) is 0 Å². The Hall–Kier alpha value is -1.65. The van der Waals surface area contributed by atoms with Gasteiger partial charge < -0.3 is 0 Å². The molecule has 1 atom stereocenters. The lowest BCUT2D eigenvalue weighted by Crippen LogP contribution is -2.29. The van der Waals surface area contributed by atoms with Crippen LogP contribution in [0.15, 0.2) is 24.3 Å². The van der Waals surface area contributed by atoms with Crippen LogP contribution in [0.5, 0.6) is 0 Å². The smallest absolute Gasteiger partial charge is 0.0629 e. The molecule has 1 aromatic heterocycles. The minimum absolute atomic E-state index is 0.113. The fourth-order valence-electron chi connectivity index (χ4n) is 2.80.